The molecule has 2 fully saturated rings. The van der Waals surface area contributed by atoms with E-state index in [1.165, 1.54) is 12.0 Å². The lowest BCUT2D eigenvalue weighted by Crippen LogP contribution is -2.48. The van der Waals surface area contributed by atoms with Crippen LogP contribution in [0.5, 0.6) is 0 Å². The molecule has 28 heavy (non-hydrogen) atoms. The predicted molar refractivity (Wildman–Crippen MR) is 112 cm³/mol. The van der Waals surface area contributed by atoms with Crippen LogP contribution in [0.25, 0.3) is 0 Å². The molecule has 1 aromatic rings. The van der Waals surface area contributed by atoms with Crippen LogP contribution in [0.2, 0.25) is 0 Å². The summed E-state index contributed by atoms with van der Waals surface area (Å²) in [4.78, 5) is 29.7. The molecule has 1 aliphatic heterocycles. The van der Waals surface area contributed by atoms with Crippen LogP contribution in [-0.2, 0) is 16.0 Å². The number of likely N-dealkylation sites (tertiary alicyclic amines) is 1. The average Bonchev–Trinajstić information content (AvgIpc) is 3.54. The molecule has 1 heterocycles. The second kappa shape index (κ2) is 10.6. The lowest BCUT2D eigenvalue weighted by Gasteiger charge is -2.39. The number of carbonyl (C=O) groups excluding carboxylic acids is 2. The van der Waals surface area contributed by atoms with Gasteiger partial charge in [-0.2, -0.15) is 0 Å². The number of benzene rings is 1. The third-order valence-electron chi connectivity index (χ3n) is 5.86. The molecule has 0 atom stereocenters. The van der Waals surface area contributed by atoms with Gasteiger partial charge in [-0.1, -0.05) is 37.3 Å². The van der Waals surface area contributed by atoms with Crippen molar-refractivity contribution in [2.24, 2.45) is 0 Å². The highest BCUT2D eigenvalue weighted by Gasteiger charge is 2.38. The van der Waals surface area contributed by atoms with Crippen molar-refractivity contribution >= 4 is 11.8 Å². The minimum atomic E-state index is -0.0159. The Hall–Kier alpha value is -1.88. The number of piperidine rings is 1. The maximum atomic E-state index is 12.9. The first-order valence-corrected chi connectivity index (χ1v) is 11.0. The standard InChI is InChI=1S/C23H35N3O2/c1-2-16-25-17-13-21(14-18-25)26(20-8-9-20)23(28)11-10-22(27)24-15-12-19-6-4-3-5-7-19/h3-7,20-21H,2,8-18H2,1H3,(H,24,27). The number of amides is 2. The van der Waals surface area contributed by atoms with Crippen molar-refractivity contribution < 1.29 is 9.59 Å². The number of nitrogens with one attached hydrogen (secondary N) is 1. The maximum absolute atomic E-state index is 12.9. The summed E-state index contributed by atoms with van der Waals surface area (Å²) in [6.07, 6.45) is 7.06. The number of carbonyl (C=O) groups is 2. The fourth-order valence-corrected chi connectivity index (χ4v) is 4.22. The monoisotopic (exact) mass is 385 g/mol. The smallest absolute Gasteiger partial charge is 0.223 e. The van der Waals surface area contributed by atoms with E-state index in [-0.39, 0.29) is 11.8 Å². The summed E-state index contributed by atoms with van der Waals surface area (Å²) < 4.78 is 0. The zero-order valence-electron chi connectivity index (χ0n) is 17.2. The van der Waals surface area contributed by atoms with Crippen LogP contribution in [0.15, 0.2) is 30.3 Å². The van der Waals surface area contributed by atoms with Gasteiger partial charge in [0.1, 0.15) is 0 Å². The molecule has 2 aliphatic rings. The number of nitrogens with zero attached hydrogens (tertiary/aromatic N) is 2. The Morgan fingerprint density at radius 3 is 2.36 bits per heavy atom. The summed E-state index contributed by atoms with van der Waals surface area (Å²) in [5.74, 6) is 0.160. The van der Waals surface area contributed by atoms with E-state index in [1.807, 2.05) is 18.2 Å². The van der Waals surface area contributed by atoms with Gasteiger partial charge in [0, 0.05) is 44.6 Å². The minimum absolute atomic E-state index is 0.0159. The van der Waals surface area contributed by atoms with Crippen LogP contribution in [0.4, 0.5) is 0 Å². The Kier molecular flexibility index (Phi) is 7.90. The summed E-state index contributed by atoms with van der Waals surface area (Å²) >= 11 is 0. The van der Waals surface area contributed by atoms with E-state index in [9.17, 15) is 9.59 Å². The molecule has 0 radical (unpaired) electrons. The fraction of sp³-hybridized carbons (Fsp3) is 0.652. The first kappa shape index (κ1) is 20.8. The summed E-state index contributed by atoms with van der Waals surface area (Å²) in [6, 6.07) is 10.9. The van der Waals surface area contributed by atoms with Crippen LogP contribution >= 0.6 is 0 Å². The molecule has 1 aromatic carbocycles. The molecular weight excluding hydrogens is 350 g/mol. The summed E-state index contributed by atoms with van der Waals surface area (Å²) in [5, 5.41) is 2.95. The lowest BCUT2D eigenvalue weighted by atomic mass is 10.0. The third-order valence-corrected chi connectivity index (χ3v) is 5.86. The fourth-order valence-electron chi connectivity index (χ4n) is 4.22. The van der Waals surface area contributed by atoms with E-state index in [4.69, 9.17) is 0 Å². The maximum Gasteiger partial charge on any atom is 0.223 e. The molecule has 5 nitrogen and oxygen atoms in total. The number of hydrogen-bond donors (Lipinski definition) is 1. The summed E-state index contributed by atoms with van der Waals surface area (Å²) in [7, 11) is 0. The quantitative estimate of drug-likeness (QED) is 0.674. The van der Waals surface area contributed by atoms with E-state index in [0.29, 0.717) is 31.5 Å². The molecule has 1 saturated heterocycles. The van der Waals surface area contributed by atoms with Gasteiger partial charge >= 0.3 is 0 Å². The number of hydrogen-bond acceptors (Lipinski definition) is 3. The Bertz CT molecular complexity index is 622. The van der Waals surface area contributed by atoms with E-state index >= 15 is 0 Å². The van der Waals surface area contributed by atoms with Gasteiger partial charge in [0.15, 0.2) is 0 Å². The van der Waals surface area contributed by atoms with E-state index in [1.54, 1.807) is 0 Å². The topological polar surface area (TPSA) is 52.7 Å². The zero-order valence-corrected chi connectivity index (χ0v) is 17.2. The molecule has 2 amide bonds. The second-order valence-electron chi connectivity index (χ2n) is 8.19. The molecule has 0 bridgehead atoms. The predicted octanol–water partition coefficient (Wildman–Crippen LogP) is 2.99. The second-order valence-corrected chi connectivity index (χ2v) is 8.19. The largest absolute Gasteiger partial charge is 0.356 e. The van der Waals surface area contributed by atoms with Crippen LogP contribution in [0, 0.1) is 0 Å². The van der Waals surface area contributed by atoms with E-state index in [0.717, 1.165) is 51.7 Å². The van der Waals surface area contributed by atoms with Gasteiger partial charge in [0.2, 0.25) is 11.8 Å². The van der Waals surface area contributed by atoms with Gasteiger partial charge in [-0.05, 0) is 50.6 Å². The molecule has 0 spiro atoms. The molecule has 154 valence electrons. The zero-order chi connectivity index (χ0) is 19.8. The van der Waals surface area contributed by atoms with Gasteiger partial charge < -0.3 is 15.1 Å². The van der Waals surface area contributed by atoms with Crippen molar-refractivity contribution in [1.29, 1.82) is 0 Å². The van der Waals surface area contributed by atoms with Crippen molar-refractivity contribution in [2.75, 3.05) is 26.2 Å². The van der Waals surface area contributed by atoms with Gasteiger partial charge in [-0.3, -0.25) is 9.59 Å². The highest BCUT2D eigenvalue weighted by Crippen LogP contribution is 2.32. The molecule has 0 aromatic heterocycles. The van der Waals surface area contributed by atoms with Gasteiger partial charge in [0.25, 0.3) is 0 Å². The molecule has 3 rings (SSSR count). The van der Waals surface area contributed by atoms with Crippen LogP contribution in [-0.4, -0.2) is 59.9 Å². The Balaban J connectivity index is 1.39. The van der Waals surface area contributed by atoms with Crippen molar-refractivity contribution in [3.05, 3.63) is 35.9 Å². The van der Waals surface area contributed by atoms with Gasteiger partial charge in [-0.25, -0.2) is 0 Å². The average molecular weight is 386 g/mol. The molecule has 0 unspecified atom stereocenters. The van der Waals surface area contributed by atoms with Crippen molar-refractivity contribution in [1.82, 2.24) is 15.1 Å². The van der Waals surface area contributed by atoms with E-state index in [2.05, 4.69) is 34.2 Å². The van der Waals surface area contributed by atoms with E-state index < -0.39 is 0 Å². The lowest BCUT2D eigenvalue weighted by molar-refractivity contribution is -0.137. The van der Waals surface area contributed by atoms with Crippen LogP contribution in [0.1, 0.15) is 57.4 Å². The van der Waals surface area contributed by atoms with Crippen LogP contribution in [0.3, 0.4) is 0 Å². The van der Waals surface area contributed by atoms with Crippen molar-refractivity contribution in [2.45, 2.75) is 70.4 Å². The first-order valence-electron chi connectivity index (χ1n) is 11.0. The van der Waals surface area contributed by atoms with Gasteiger partial charge in [0.05, 0.1) is 0 Å². The number of rotatable bonds is 10. The molecule has 5 heteroatoms. The Labute approximate surface area is 169 Å². The van der Waals surface area contributed by atoms with Crippen LogP contribution < -0.4 is 5.32 Å². The molecule has 1 saturated carbocycles. The highest BCUT2D eigenvalue weighted by molar-refractivity contribution is 5.84. The third kappa shape index (κ3) is 6.33. The highest BCUT2D eigenvalue weighted by atomic mass is 16.2. The Morgan fingerprint density at radius 2 is 1.71 bits per heavy atom. The summed E-state index contributed by atoms with van der Waals surface area (Å²) in [5.41, 5.74) is 1.22. The summed E-state index contributed by atoms with van der Waals surface area (Å²) in [6.45, 7) is 6.19. The Morgan fingerprint density at radius 1 is 1.04 bits per heavy atom. The molecular formula is C23H35N3O2. The van der Waals surface area contributed by atoms with Crippen molar-refractivity contribution in [3.63, 3.8) is 0 Å². The molecule has 1 aliphatic carbocycles. The SMILES string of the molecule is CCCN1CCC(N(C(=O)CCC(=O)NCCc2ccccc2)C2CC2)CC1. The minimum Gasteiger partial charge on any atom is -0.356 e. The normalized spacial score (nSPS) is 18.0. The van der Waals surface area contributed by atoms with Crippen molar-refractivity contribution in [3.8, 4) is 0 Å². The molecule has 1 N–H and O–H groups in total. The first-order chi connectivity index (χ1) is 13.7. The van der Waals surface area contributed by atoms with Gasteiger partial charge in [-0.15, -0.1) is 0 Å².